The van der Waals surface area contributed by atoms with Crippen LogP contribution in [0.25, 0.3) is 21.8 Å². The molecule has 3 heteroatoms. The molecule has 3 nitrogen and oxygen atoms in total. The highest BCUT2D eigenvalue weighted by Crippen LogP contribution is 2.38. The monoisotopic (exact) mass is 255 g/mol. The Kier molecular flexibility index (Phi) is 2.82. The zero-order valence-corrected chi connectivity index (χ0v) is 11.4. The first-order valence-corrected chi connectivity index (χ1v) is 6.43. The molecular formula is C16H17NO2. The second-order valence-corrected chi connectivity index (χ2v) is 4.58. The molecule has 1 N–H and O–H groups in total. The van der Waals surface area contributed by atoms with Gasteiger partial charge >= 0.3 is 0 Å². The van der Waals surface area contributed by atoms with Gasteiger partial charge in [-0.3, -0.25) is 0 Å². The van der Waals surface area contributed by atoms with Gasteiger partial charge in [0.1, 0.15) is 0 Å². The number of H-pyrrole nitrogens is 1. The molecule has 0 radical (unpaired) electrons. The van der Waals surface area contributed by atoms with Crippen molar-refractivity contribution in [1.29, 1.82) is 0 Å². The van der Waals surface area contributed by atoms with Crippen LogP contribution in [0, 0.1) is 0 Å². The Labute approximate surface area is 112 Å². The van der Waals surface area contributed by atoms with E-state index in [2.05, 4.69) is 36.2 Å². The molecule has 19 heavy (non-hydrogen) atoms. The highest BCUT2D eigenvalue weighted by molar-refractivity contribution is 6.10. The molecule has 2 aromatic carbocycles. The number of aromatic amines is 1. The first kappa shape index (κ1) is 11.9. The van der Waals surface area contributed by atoms with Crippen molar-refractivity contribution in [3.8, 4) is 11.5 Å². The van der Waals surface area contributed by atoms with Gasteiger partial charge < -0.3 is 14.5 Å². The maximum atomic E-state index is 5.48. The molecule has 0 aliphatic heterocycles. The van der Waals surface area contributed by atoms with Crippen LogP contribution < -0.4 is 9.47 Å². The Morgan fingerprint density at radius 3 is 2.53 bits per heavy atom. The van der Waals surface area contributed by atoms with Crippen molar-refractivity contribution in [3.05, 3.63) is 35.9 Å². The third-order valence-electron chi connectivity index (χ3n) is 3.59. The van der Waals surface area contributed by atoms with Gasteiger partial charge in [-0.05, 0) is 36.2 Å². The summed E-state index contributed by atoms with van der Waals surface area (Å²) >= 11 is 0. The normalized spacial score (nSPS) is 11.1. The minimum atomic E-state index is 0.747. The fourth-order valence-electron chi connectivity index (χ4n) is 2.55. The average molecular weight is 255 g/mol. The van der Waals surface area contributed by atoms with Crippen molar-refractivity contribution in [2.75, 3.05) is 14.2 Å². The van der Waals surface area contributed by atoms with Crippen LogP contribution in [0.2, 0.25) is 0 Å². The lowest BCUT2D eigenvalue weighted by Crippen LogP contribution is -1.90. The fraction of sp³-hybridized carbons (Fsp3) is 0.250. The largest absolute Gasteiger partial charge is 0.493 e. The Bertz CT molecular complexity index is 743. The summed E-state index contributed by atoms with van der Waals surface area (Å²) in [6, 6.07) is 10.5. The summed E-state index contributed by atoms with van der Waals surface area (Å²) in [6.45, 7) is 2.17. The highest BCUT2D eigenvalue weighted by atomic mass is 16.5. The predicted octanol–water partition coefficient (Wildman–Crippen LogP) is 3.90. The van der Waals surface area contributed by atoms with Gasteiger partial charge in [-0.25, -0.2) is 0 Å². The van der Waals surface area contributed by atoms with Gasteiger partial charge in [0.05, 0.1) is 19.7 Å². The van der Waals surface area contributed by atoms with Crippen LogP contribution in [0.3, 0.4) is 0 Å². The van der Waals surface area contributed by atoms with Crippen LogP contribution in [0.4, 0.5) is 0 Å². The average Bonchev–Trinajstić information content (AvgIpc) is 2.83. The number of fused-ring (bicyclic) bond motifs is 3. The van der Waals surface area contributed by atoms with Gasteiger partial charge in [-0.2, -0.15) is 0 Å². The van der Waals surface area contributed by atoms with Crippen molar-refractivity contribution >= 4 is 21.8 Å². The maximum absolute atomic E-state index is 5.48. The number of rotatable bonds is 3. The number of aryl methyl sites for hydroxylation is 1. The summed E-state index contributed by atoms with van der Waals surface area (Å²) in [4.78, 5) is 3.42. The van der Waals surface area contributed by atoms with E-state index >= 15 is 0 Å². The number of benzene rings is 2. The van der Waals surface area contributed by atoms with E-state index in [0.717, 1.165) is 29.0 Å². The molecule has 0 amide bonds. The van der Waals surface area contributed by atoms with E-state index in [-0.39, 0.29) is 0 Å². The second-order valence-electron chi connectivity index (χ2n) is 4.58. The first-order valence-electron chi connectivity index (χ1n) is 6.43. The number of aromatic nitrogens is 1. The van der Waals surface area contributed by atoms with Crippen molar-refractivity contribution in [1.82, 2.24) is 4.98 Å². The molecule has 98 valence electrons. The standard InChI is InChI=1S/C16H17NO2/c1-4-10-5-7-13-12(9-10)11-6-8-14(18-2)16(19-3)15(11)17-13/h5-9,17H,4H2,1-3H3. The van der Waals surface area contributed by atoms with Crippen molar-refractivity contribution in [2.24, 2.45) is 0 Å². The molecular weight excluding hydrogens is 238 g/mol. The molecule has 0 saturated carbocycles. The van der Waals surface area contributed by atoms with Crippen LogP contribution >= 0.6 is 0 Å². The van der Waals surface area contributed by atoms with Crippen LogP contribution in [0.15, 0.2) is 30.3 Å². The smallest absolute Gasteiger partial charge is 0.184 e. The fourth-order valence-corrected chi connectivity index (χ4v) is 2.55. The summed E-state index contributed by atoms with van der Waals surface area (Å²) in [5.41, 5.74) is 3.45. The lowest BCUT2D eigenvalue weighted by atomic mass is 10.1. The zero-order chi connectivity index (χ0) is 13.4. The van der Waals surface area contributed by atoms with Crippen LogP contribution in [0.1, 0.15) is 12.5 Å². The van der Waals surface area contributed by atoms with Gasteiger partial charge in [0, 0.05) is 16.3 Å². The minimum Gasteiger partial charge on any atom is -0.493 e. The van der Waals surface area contributed by atoms with Gasteiger partial charge in [0.25, 0.3) is 0 Å². The lowest BCUT2D eigenvalue weighted by molar-refractivity contribution is 0.358. The molecule has 0 fully saturated rings. The SMILES string of the molecule is CCc1ccc2[nH]c3c(OC)c(OC)ccc3c2c1. The number of methoxy groups -OCH3 is 2. The third kappa shape index (κ3) is 1.73. The van der Waals surface area contributed by atoms with Gasteiger partial charge in [0.15, 0.2) is 11.5 Å². The molecule has 0 aliphatic rings. The molecule has 0 saturated heterocycles. The molecule has 0 bridgehead atoms. The van der Waals surface area contributed by atoms with Crippen molar-refractivity contribution < 1.29 is 9.47 Å². The zero-order valence-electron chi connectivity index (χ0n) is 11.4. The van der Waals surface area contributed by atoms with Gasteiger partial charge in [0.2, 0.25) is 0 Å². The summed E-state index contributed by atoms with van der Waals surface area (Å²) in [5.74, 6) is 1.51. The minimum absolute atomic E-state index is 0.747. The Balaban J connectivity index is 2.39. The van der Waals surface area contributed by atoms with Crippen molar-refractivity contribution in [2.45, 2.75) is 13.3 Å². The number of ether oxygens (including phenoxy) is 2. The van der Waals surface area contributed by atoms with E-state index < -0.39 is 0 Å². The lowest BCUT2D eigenvalue weighted by Gasteiger charge is -2.07. The Hall–Kier alpha value is -2.16. The topological polar surface area (TPSA) is 34.2 Å². The third-order valence-corrected chi connectivity index (χ3v) is 3.59. The van der Waals surface area contributed by atoms with Crippen LogP contribution in [-0.2, 0) is 6.42 Å². The van der Waals surface area contributed by atoms with Gasteiger partial charge in [-0.15, -0.1) is 0 Å². The highest BCUT2D eigenvalue weighted by Gasteiger charge is 2.13. The second kappa shape index (κ2) is 4.50. The molecule has 1 aromatic heterocycles. The molecule has 0 atom stereocenters. The van der Waals surface area contributed by atoms with E-state index in [1.807, 2.05) is 6.07 Å². The molecule has 3 aromatic rings. The first-order chi connectivity index (χ1) is 9.28. The van der Waals surface area contributed by atoms with Crippen LogP contribution in [0.5, 0.6) is 11.5 Å². The molecule has 0 unspecified atom stereocenters. The quantitative estimate of drug-likeness (QED) is 0.770. The van der Waals surface area contributed by atoms with E-state index in [1.54, 1.807) is 14.2 Å². The summed E-state index contributed by atoms with van der Waals surface area (Å²) in [6.07, 6.45) is 1.04. The maximum Gasteiger partial charge on any atom is 0.184 e. The van der Waals surface area contributed by atoms with Crippen LogP contribution in [-0.4, -0.2) is 19.2 Å². The van der Waals surface area contributed by atoms with E-state index in [4.69, 9.17) is 9.47 Å². The number of nitrogens with one attached hydrogen (secondary N) is 1. The molecule has 3 rings (SSSR count). The summed E-state index contributed by atoms with van der Waals surface area (Å²) in [5, 5.41) is 2.40. The van der Waals surface area contributed by atoms with E-state index in [1.165, 1.54) is 16.3 Å². The molecule has 1 heterocycles. The number of hydrogen-bond acceptors (Lipinski definition) is 2. The Morgan fingerprint density at radius 1 is 1.00 bits per heavy atom. The predicted molar refractivity (Wildman–Crippen MR) is 78.3 cm³/mol. The van der Waals surface area contributed by atoms with Crippen molar-refractivity contribution in [3.63, 3.8) is 0 Å². The summed E-state index contributed by atoms with van der Waals surface area (Å²) in [7, 11) is 3.32. The van der Waals surface area contributed by atoms with E-state index in [0.29, 0.717) is 0 Å². The molecule has 0 aliphatic carbocycles. The number of hydrogen-bond donors (Lipinski definition) is 1. The van der Waals surface area contributed by atoms with E-state index in [9.17, 15) is 0 Å². The summed E-state index contributed by atoms with van der Waals surface area (Å²) < 4.78 is 10.8. The molecule has 0 spiro atoms. The van der Waals surface area contributed by atoms with Gasteiger partial charge in [-0.1, -0.05) is 13.0 Å². The Morgan fingerprint density at radius 2 is 1.84 bits per heavy atom.